The van der Waals surface area contributed by atoms with Crippen LogP contribution in [0.5, 0.6) is 0 Å². The van der Waals surface area contributed by atoms with E-state index in [-0.39, 0.29) is 6.04 Å². The highest BCUT2D eigenvalue weighted by Gasteiger charge is 2.16. The zero-order valence-electron chi connectivity index (χ0n) is 7.65. The van der Waals surface area contributed by atoms with Gasteiger partial charge in [-0.25, -0.2) is 0 Å². The first-order valence-corrected chi connectivity index (χ1v) is 5.60. The molecule has 1 atom stereocenters. The average Bonchev–Trinajstić information content (AvgIpc) is 2.74. The van der Waals surface area contributed by atoms with Crippen LogP contribution in [0, 0.1) is 0 Å². The molecule has 3 nitrogen and oxygen atoms in total. The molecule has 13 heavy (non-hydrogen) atoms. The van der Waals surface area contributed by atoms with Gasteiger partial charge in [-0.05, 0) is 25.9 Å². The maximum absolute atomic E-state index is 6.05. The molecule has 1 aromatic rings. The lowest BCUT2D eigenvalue weighted by molar-refractivity contribution is 0.317. The van der Waals surface area contributed by atoms with Crippen LogP contribution in [0.15, 0.2) is 11.7 Å². The molecular formula is C9H15N3S. The van der Waals surface area contributed by atoms with E-state index < -0.39 is 0 Å². The Bertz CT molecular complexity index is 241. The van der Waals surface area contributed by atoms with Crippen LogP contribution in [-0.2, 0) is 0 Å². The van der Waals surface area contributed by atoms with Gasteiger partial charge < -0.3 is 10.6 Å². The van der Waals surface area contributed by atoms with Gasteiger partial charge in [0.1, 0.15) is 0 Å². The third-order valence-electron chi connectivity index (χ3n) is 2.47. The quantitative estimate of drug-likeness (QED) is 0.792. The molecule has 0 aliphatic carbocycles. The van der Waals surface area contributed by atoms with Crippen molar-refractivity contribution in [1.82, 2.24) is 9.88 Å². The molecule has 2 heterocycles. The maximum Gasteiger partial charge on any atom is 0.0794 e. The Morgan fingerprint density at radius 1 is 1.54 bits per heavy atom. The van der Waals surface area contributed by atoms with Gasteiger partial charge in [0.25, 0.3) is 0 Å². The van der Waals surface area contributed by atoms with Gasteiger partial charge in [0.15, 0.2) is 0 Å². The minimum atomic E-state index is 0.158. The molecule has 0 radical (unpaired) electrons. The molecule has 72 valence electrons. The molecular weight excluding hydrogens is 182 g/mol. The molecule has 0 bridgehead atoms. The van der Waals surface area contributed by atoms with Crippen LogP contribution < -0.4 is 5.73 Å². The van der Waals surface area contributed by atoms with Crippen LogP contribution in [0.4, 0.5) is 0 Å². The van der Waals surface area contributed by atoms with Gasteiger partial charge in [0.2, 0.25) is 0 Å². The van der Waals surface area contributed by atoms with E-state index in [9.17, 15) is 0 Å². The van der Waals surface area contributed by atoms with E-state index in [0.717, 1.165) is 6.54 Å². The summed E-state index contributed by atoms with van der Waals surface area (Å²) in [5, 5.41) is 0. The highest BCUT2D eigenvalue weighted by atomic mass is 32.1. The fraction of sp³-hybridized carbons (Fsp3) is 0.667. The topological polar surface area (TPSA) is 42.1 Å². The molecule has 1 aromatic heterocycles. The Kier molecular flexibility index (Phi) is 2.93. The third kappa shape index (κ3) is 2.27. The summed E-state index contributed by atoms with van der Waals surface area (Å²) in [7, 11) is 0. The summed E-state index contributed by atoms with van der Waals surface area (Å²) in [5.74, 6) is 0. The lowest BCUT2D eigenvalue weighted by Gasteiger charge is -2.18. The predicted molar refractivity (Wildman–Crippen MR) is 54.7 cm³/mol. The number of hydrogen-bond donors (Lipinski definition) is 1. The number of nitrogens with two attached hydrogens (primary N) is 1. The second kappa shape index (κ2) is 4.17. The van der Waals surface area contributed by atoms with Crippen molar-refractivity contribution < 1.29 is 0 Å². The van der Waals surface area contributed by atoms with Crippen molar-refractivity contribution in [1.29, 1.82) is 0 Å². The number of likely N-dealkylation sites (tertiary alicyclic amines) is 1. The fourth-order valence-electron chi connectivity index (χ4n) is 1.74. The Morgan fingerprint density at radius 2 is 2.31 bits per heavy atom. The average molecular weight is 197 g/mol. The summed E-state index contributed by atoms with van der Waals surface area (Å²) in [5.41, 5.74) is 7.89. The summed E-state index contributed by atoms with van der Waals surface area (Å²) >= 11 is 1.65. The van der Waals surface area contributed by atoms with E-state index in [4.69, 9.17) is 5.73 Å². The first-order valence-electron chi connectivity index (χ1n) is 4.72. The van der Waals surface area contributed by atoms with Crippen LogP contribution in [0.1, 0.15) is 23.8 Å². The van der Waals surface area contributed by atoms with Gasteiger partial charge in [0, 0.05) is 17.6 Å². The number of rotatable bonds is 3. The standard InChI is InChI=1S/C9H15N3S/c10-8(9-5-11-7-13-9)6-12-3-1-2-4-12/h5,7-8H,1-4,6,10H2. The summed E-state index contributed by atoms with van der Waals surface area (Å²) in [6.45, 7) is 3.42. The van der Waals surface area contributed by atoms with E-state index in [1.165, 1.54) is 30.8 Å². The van der Waals surface area contributed by atoms with Gasteiger partial charge in [-0.15, -0.1) is 11.3 Å². The van der Waals surface area contributed by atoms with Crippen molar-refractivity contribution >= 4 is 11.3 Å². The van der Waals surface area contributed by atoms with Crippen molar-refractivity contribution in [3.05, 3.63) is 16.6 Å². The summed E-state index contributed by atoms with van der Waals surface area (Å²) < 4.78 is 0. The molecule has 1 saturated heterocycles. The van der Waals surface area contributed by atoms with E-state index in [1.807, 2.05) is 11.7 Å². The van der Waals surface area contributed by atoms with Crippen molar-refractivity contribution in [2.45, 2.75) is 18.9 Å². The van der Waals surface area contributed by atoms with Gasteiger partial charge in [0.05, 0.1) is 11.6 Å². The van der Waals surface area contributed by atoms with Crippen molar-refractivity contribution in [2.24, 2.45) is 5.73 Å². The first kappa shape index (κ1) is 9.12. The molecule has 0 saturated carbocycles. The zero-order valence-corrected chi connectivity index (χ0v) is 8.46. The van der Waals surface area contributed by atoms with Crippen LogP contribution in [0.2, 0.25) is 0 Å². The minimum Gasteiger partial charge on any atom is -0.322 e. The van der Waals surface area contributed by atoms with Gasteiger partial charge in [-0.3, -0.25) is 4.98 Å². The second-order valence-corrected chi connectivity index (χ2v) is 4.44. The Balaban J connectivity index is 1.87. The van der Waals surface area contributed by atoms with Gasteiger partial charge >= 0.3 is 0 Å². The van der Waals surface area contributed by atoms with Crippen molar-refractivity contribution in [3.8, 4) is 0 Å². The van der Waals surface area contributed by atoms with Crippen LogP contribution in [0.3, 0.4) is 0 Å². The number of hydrogen-bond acceptors (Lipinski definition) is 4. The molecule has 2 N–H and O–H groups in total. The number of aromatic nitrogens is 1. The van der Waals surface area contributed by atoms with Crippen molar-refractivity contribution in [3.63, 3.8) is 0 Å². The molecule has 0 amide bonds. The van der Waals surface area contributed by atoms with E-state index in [2.05, 4.69) is 9.88 Å². The molecule has 0 aromatic carbocycles. The lowest BCUT2D eigenvalue weighted by atomic mass is 10.2. The largest absolute Gasteiger partial charge is 0.322 e. The van der Waals surface area contributed by atoms with E-state index in [0.29, 0.717) is 0 Å². The third-order valence-corrected chi connectivity index (χ3v) is 3.38. The number of nitrogens with zero attached hydrogens (tertiary/aromatic N) is 2. The molecule has 2 rings (SSSR count). The van der Waals surface area contributed by atoms with E-state index >= 15 is 0 Å². The lowest BCUT2D eigenvalue weighted by Crippen LogP contribution is -2.29. The number of thiazole rings is 1. The second-order valence-electron chi connectivity index (χ2n) is 3.52. The Hall–Kier alpha value is -0.450. The van der Waals surface area contributed by atoms with Crippen LogP contribution >= 0.6 is 11.3 Å². The van der Waals surface area contributed by atoms with Crippen LogP contribution in [0.25, 0.3) is 0 Å². The first-order chi connectivity index (χ1) is 6.36. The fourth-order valence-corrected chi connectivity index (χ4v) is 2.36. The maximum atomic E-state index is 6.05. The SMILES string of the molecule is NC(CN1CCCC1)c1cncs1. The molecule has 0 spiro atoms. The van der Waals surface area contributed by atoms with Crippen molar-refractivity contribution in [2.75, 3.05) is 19.6 Å². The summed E-state index contributed by atoms with van der Waals surface area (Å²) in [6, 6.07) is 0.158. The highest BCUT2D eigenvalue weighted by Crippen LogP contribution is 2.18. The Labute approximate surface area is 82.6 Å². The zero-order chi connectivity index (χ0) is 9.10. The molecule has 1 aliphatic heterocycles. The summed E-state index contributed by atoms with van der Waals surface area (Å²) in [4.78, 5) is 7.67. The van der Waals surface area contributed by atoms with Crippen LogP contribution in [-0.4, -0.2) is 29.5 Å². The predicted octanol–water partition coefficient (Wildman–Crippen LogP) is 1.24. The smallest absolute Gasteiger partial charge is 0.0794 e. The molecule has 1 aliphatic rings. The van der Waals surface area contributed by atoms with Gasteiger partial charge in [-0.1, -0.05) is 0 Å². The highest BCUT2D eigenvalue weighted by molar-refractivity contribution is 7.09. The molecule has 1 unspecified atom stereocenters. The monoisotopic (exact) mass is 197 g/mol. The minimum absolute atomic E-state index is 0.158. The molecule has 4 heteroatoms. The Morgan fingerprint density at radius 3 is 2.92 bits per heavy atom. The van der Waals surface area contributed by atoms with E-state index in [1.54, 1.807) is 11.3 Å². The summed E-state index contributed by atoms with van der Waals surface area (Å²) in [6.07, 6.45) is 4.54. The molecule has 1 fully saturated rings. The van der Waals surface area contributed by atoms with Gasteiger partial charge in [-0.2, -0.15) is 0 Å². The normalized spacial score (nSPS) is 20.7.